The largest absolute Gasteiger partial charge is 0.399 e. The Morgan fingerprint density at radius 3 is 2.76 bits per heavy atom. The molecule has 1 aliphatic rings. The molecule has 0 radical (unpaired) electrons. The van der Waals surface area contributed by atoms with E-state index < -0.39 is 0 Å². The first-order valence-electron chi connectivity index (χ1n) is 8.55. The summed E-state index contributed by atoms with van der Waals surface area (Å²) in [5.41, 5.74) is 7.78. The number of carbonyl (C=O) groups excluding carboxylic acids is 1. The van der Waals surface area contributed by atoms with Gasteiger partial charge in [-0.15, -0.1) is 12.4 Å². The lowest BCUT2D eigenvalue weighted by atomic mass is 9.89. The van der Waals surface area contributed by atoms with Crippen LogP contribution in [0.4, 0.5) is 5.69 Å². The number of halogens is 1. The summed E-state index contributed by atoms with van der Waals surface area (Å²) in [6, 6.07) is 4.95. The van der Waals surface area contributed by atoms with Crippen molar-refractivity contribution in [2.24, 2.45) is 0 Å². The summed E-state index contributed by atoms with van der Waals surface area (Å²) in [6.45, 7) is 3.73. The molecule has 0 spiro atoms. The average Bonchev–Trinajstić information content (AvgIpc) is 3.08. The Bertz CT molecular complexity index is 726. The second kappa shape index (κ2) is 8.34. The number of nitrogen functional groups attached to an aromatic ring is 1. The first-order chi connectivity index (χ1) is 11.5. The van der Waals surface area contributed by atoms with Gasteiger partial charge in [0.1, 0.15) is 6.04 Å². The Hall–Kier alpha value is -2.08. The third-order valence-electron chi connectivity index (χ3n) is 4.65. The molecule has 136 valence electrons. The number of hydrogen-bond acceptors (Lipinski definition) is 5. The molecule has 1 heterocycles. The van der Waals surface area contributed by atoms with Crippen LogP contribution in [-0.2, 0) is 0 Å². The fourth-order valence-corrected chi connectivity index (χ4v) is 3.17. The second-order valence-electron chi connectivity index (χ2n) is 6.60. The zero-order valence-corrected chi connectivity index (χ0v) is 15.4. The number of anilines is 1. The summed E-state index contributed by atoms with van der Waals surface area (Å²) in [5.74, 6) is 1.41. The molecule has 1 saturated carbocycles. The van der Waals surface area contributed by atoms with Crippen LogP contribution in [0.25, 0.3) is 0 Å². The monoisotopic (exact) mass is 364 g/mol. The molecule has 1 aromatic carbocycles. The molecular weight excluding hydrogens is 340 g/mol. The fourth-order valence-electron chi connectivity index (χ4n) is 3.17. The maximum atomic E-state index is 12.5. The molecule has 1 fully saturated rings. The lowest BCUT2D eigenvalue weighted by Gasteiger charge is -2.17. The summed E-state index contributed by atoms with van der Waals surface area (Å²) in [6.07, 6.45) is 5.95. The number of hydrogen-bond donors (Lipinski definition) is 2. The highest BCUT2D eigenvalue weighted by atomic mass is 35.5. The molecule has 0 saturated heterocycles. The van der Waals surface area contributed by atoms with Gasteiger partial charge in [-0.25, -0.2) is 0 Å². The fraction of sp³-hybridized carbons (Fsp3) is 0.500. The number of nitrogens with one attached hydrogen (secondary N) is 1. The number of aromatic nitrogens is 2. The minimum Gasteiger partial charge on any atom is -0.399 e. The standard InChI is InChI=1S/C18H24N4O2.ClH/c1-11-8-9-14(19)10-15(11)17(23)20-12(2)18-21-16(22-24-18)13-6-4-3-5-7-13;/h8-10,12-13H,3-7,19H2,1-2H3,(H,20,23);1H. The van der Waals surface area contributed by atoms with E-state index in [1.54, 1.807) is 12.1 Å². The Kier molecular flexibility index (Phi) is 6.42. The molecule has 0 bridgehead atoms. The van der Waals surface area contributed by atoms with E-state index in [2.05, 4.69) is 15.5 Å². The van der Waals surface area contributed by atoms with Crippen LogP contribution in [0.1, 0.15) is 78.6 Å². The zero-order chi connectivity index (χ0) is 17.1. The molecule has 3 rings (SSSR count). The molecule has 3 N–H and O–H groups in total. The van der Waals surface area contributed by atoms with Gasteiger partial charge >= 0.3 is 0 Å². The van der Waals surface area contributed by atoms with Crippen molar-refractivity contribution in [3.05, 3.63) is 41.0 Å². The van der Waals surface area contributed by atoms with Crippen LogP contribution in [0.5, 0.6) is 0 Å². The van der Waals surface area contributed by atoms with E-state index in [-0.39, 0.29) is 24.4 Å². The van der Waals surface area contributed by atoms with Gasteiger partial charge in [-0.2, -0.15) is 4.98 Å². The molecule has 1 atom stereocenters. The van der Waals surface area contributed by atoms with Crippen molar-refractivity contribution in [3.8, 4) is 0 Å². The normalized spacial score (nSPS) is 16.1. The summed E-state index contributed by atoms with van der Waals surface area (Å²) >= 11 is 0. The van der Waals surface area contributed by atoms with Gasteiger partial charge in [0, 0.05) is 17.2 Å². The van der Waals surface area contributed by atoms with Gasteiger partial charge in [0.05, 0.1) is 0 Å². The van der Waals surface area contributed by atoms with Crippen LogP contribution in [0.3, 0.4) is 0 Å². The van der Waals surface area contributed by atoms with E-state index in [4.69, 9.17) is 10.3 Å². The minimum absolute atomic E-state index is 0. The smallest absolute Gasteiger partial charge is 0.252 e. The van der Waals surface area contributed by atoms with E-state index >= 15 is 0 Å². The van der Waals surface area contributed by atoms with Gasteiger partial charge in [0.25, 0.3) is 5.91 Å². The predicted octanol–water partition coefficient (Wildman–Crippen LogP) is 3.92. The second-order valence-corrected chi connectivity index (χ2v) is 6.60. The van der Waals surface area contributed by atoms with E-state index in [0.717, 1.165) is 24.2 Å². The summed E-state index contributed by atoms with van der Waals surface area (Å²) in [4.78, 5) is 17.0. The number of aryl methyl sites for hydroxylation is 1. The Balaban J connectivity index is 0.00000225. The van der Waals surface area contributed by atoms with Crippen molar-refractivity contribution in [3.63, 3.8) is 0 Å². The summed E-state index contributed by atoms with van der Waals surface area (Å²) in [7, 11) is 0. The molecule has 6 nitrogen and oxygen atoms in total. The van der Waals surface area contributed by atoms with Crippen LogP contribution in [0, 0.1) is 6.92 Å². The van der Waals surface area contributed by atoms with Gasteiger partial charge in [0.2, 0.25) is 5.89 Å². The molecule has 1 aromatic heterocycles. The molecule has 2 aromatic rings. The van der Waals surface area contributed by atoms with Crippen molar-refractivity contribution >= 4 is 24.0 Å². The van der Waals surface area contributed by atoms with Crippen molar-refractivity contribution in [2.45, 2.75) is 57.9 Å². The lowest BCUT2D eigenvalue weighted by Crippen LogP contribution is -2.27. The SMILES string of the molecule is Cc1ccc(N)cc1C(=O)NC(C)c1nc(C2CCCCC2)no1.Cl. The topological polar surface area (TPSA) is 94.0 Å². The molecule has 1 amide bonds. The number of rotatable bonds is 4. The Morgan fingerprint density at radius 2 is 2.04 bits per heavy atom. The number of amides is 1. The van der Waals surface area contributed by atoms with Crippen LogP contribution in [0.15, 0.2) is 22.7 Å². The van der Waals surface area contributed by atoms with Crippen molar-refractivity contribution in [1.82, 2.24) is 15.5 Å². The highest BCUT2D eigenvalue weighted by molar-refractivity contribution is 5.96. The third kappa shape index (κ3) is 4.51. The van der Waals surface area contributed by atoms with Gasteiger partial charge in [-0.05, 0) is 44.4 Å². The maximum absolute atomic E-state index is 12.5. The quantitative estimate of drug-likeness (QED) is 0.802. The summed E-state index contributed by atoms with van der Waals surface area (Å²) in [5, 5.41) is 7.02. The van der Waals surface area contributed by atoms with Crippen molar-refractivity contribution < 1.29 is 9.32 Å². The molecule has 7 heteroatoms. The number of benzene rings is 1. The molecule has 1 aliphatic carbocycles. The van der Waals surface area contributed by atoms with Gasteiger partial charge < -0.3 is 15.6 Å². The number of carbonyl (C=O) groups is 1. The van der Waals surface area contributed by atoms with Crippen LogP contribution in [0.2, 0.25) is 0 Å². The average molecular weight is 365 g/mol. The number of nitrogens with zero attached hydrogens (tertiary/aromatic N) is 2. The van der Waals surface area contributed by atoms with E-state index in [9.17, 15) is 4.79 Å². The van der Waals surface area contributed by atoms with Crippen LogP contribution in [-0.4, -0.2) is 16.0 Å². The summed E-state index contributed by atoms with van der Waals surface area (Å²) < 4.78 is 5.37. The number of nitrogens with two attached hydrogens (primary N) is 1. The van der Waals surface area contributed by atoms with E-state index in [1.807, 2.05) is 19.9 Å². The highest BCUT2D eigenvalue weighted by Crippen LogP contribution is 2.31. The minimum atomic E-state index is -0.344. The third-order valence-corrected chi connectivity index (χ3v) is 4.65. The Labute approximate surface area is 154 Å². The van der Waals surface area contributed by atoms with E-state index in [0.29, 0.717) is 23.1 Å². The molecule has 0 aliphatic heterocycles. The van der Waals surface area contributed by atoms with Gasteiger partial charge in [-0.1, -0.05) is 30.5 Å². The maximum Gasteiger partial charge on any atom is 0.252 e. The molecular formula is C18H25ClN4O2. The highest BCUT2D eigenvalue weighted by Gasteiger charge is 2.23. The van der Waals surface area contributed by atoms with Crippen LogP contribution >= 0.6 is 12.4 Å². The van der Waals surface area contributed by atoms with Gasteiger partial charge in [0.15, 0.2) is 5.82 Å². The Morgan fingerprint density at radius 1 is 1.32 bits per heavy atom. The van der Waals surface area contributed by atoms with Gasteiger partial charge in [-0.3, -0.25) is 4.79 Å². The predicted molar refractivity (Wildman–Crippen MR) is 98.8 cm³/mol. The molecule has 25 heavy (non-hydrogen) atoms. The first kappa shape index (κ1) is 19.2. The van der Waals surface area contributed by atoms with Crippen LogP contribution < -0.4 is 11.1 Å². The van der Waals surface area contributed by atoms with Crippen molar-refractivity contribution in [1.29, 1.82) is 0 Å². The van der Waals surface area contributed by atoms with Crippen molar-refractivity contribution in [2.75, 3.05) is 5.73 Å². The zero-order valence-electron chi connectivity index (χ0n) is 14.6. The lowest BCUT2D eigenvalue weighted by molar-refractivity contribution is 0.0932. The molecule has 1 unspecified atom stereocenters. The van der Waals surface area contributed by atoms with E-state index in [1.165, 1.54) is 19.3 Å². The first-order valence-corrected chi connectivity index (χ1v) is 8.55.